The van der Waals surface area contributed by atoms with Crippen LogP contribution >= 0.6 is 0 Å². The van der Waals surface area contributed by atoms with Gasteiger partial charge in [0, 0.05) is 5.41 Å². The van der Waals surface area contributed by atoms with E-state index in [0.29, 0.717) is 11.3 Å². The topological polar surface area (TPSA) is 12.9 Å². The van der Waals surface area contributed by atoms with Gasteiger partial charge >= 0.3 is 0 Å². The molecule has 0 amide bonds. The maximum atomic E-state index is 12.9. The van der Waals surface area contributed by atoms with Crippen molar-refractivity contribution in [3.8, 4) is 11.8 Å². The minimum Gasteiger partial charge on any atom is -0.245 e. The highest BCUT2D eigenvalue weighted by molar-refractivity contribution is 5.32. The summed E-state index contributed by atoms with van der Waals surface area (Å²) in [5.74, 6) is 5.69. The number of hydrogen-bond acceptors (Lipinski definition) is 1. The van der Waals surface area contributed by atoms with Crippen LogP contribution in [0.25, 0.3) is 0 Å². The summed E-state index contributed by atoms with van der Waals surface area (Å²) < 4.78 is 12.9. The summed E-state index contributed by atoms with van der Waals surface area (Å²) in [6.45, 7) is 7.78. The van der Waals surface area contributed by atoms with Gasteiger partial charge in [-0.05, 0) is 45.2 Å². The fourth-order valence-electron chi connectivity index (χ4n) is 0.859. The molecule has 0 atom stereocenters. The highest BCUT2D eigenvalue weighted by Crippen LogP contribution is 2.11. The van der Waals surface area contributed by atoms with E-state index in [1.54, 1.807) is 13.0 Å². The number of rotatable bonds is 0. The Kier molecular flexibility index (Phi) is 2.90. The summed E-state index contributed by atoms with van der Waals surface area (Å²) in [4.78, 5) is 3.89. The first-order valence-corrected chi connectivity index (χ1v) is 4.54. The molecule has 2 heteroatoms. The Bertz CT molecular complexity index is 391. The van der Waals surface area contributed by atoms with E-state index in [1.165, 1.54) is 6.20 Å². The molecule has 0 aliphatic rings. The zero-order chi connectivity index (χ0) is 10.8. The maximum Gasteiger partial charge on any atom is 0.144 e. The van der Waals surface area contributed by atoms with E-state index >= 15 is 0 Å². The first-order valence-electron chi connectivity index (χ1n) is 4.54. The van der Waals surface area contributed by atoms with Gasteiger partial charge in [0.1, 0.15) is 11.5 Å². The standard InChI is InChI=1S/C12H14FN/c1-9-7-10(14-8-11(9)13)5-6-12(2,3)4/h7-8H,1-4H3. The number of nitrogens with zero attached hydrogens (tertiary/aromatic N) is 1. The number of aryl methyl sites for hydroxylation is 1. The SMILES string of the molecule is Cc1cc(C#CC(C)(C)C)ncc1F. The van der Waals surface area contributed by atoms with E-state index in [2.05, 4.69) is 16.8 Å². The average Bonchev–Trinajstić information content (AvgIpc) is 2.06. The van der Waals surface area contributed by atoms with Gasteiger partial charge in [-0.15, -0.1) is 0 Å². The molecule has 0 aliphatic heterocycles. The van der Waals surface area contributed by atoms with Crippen molar-refractivity contribution in [1.82, 2.24) is 4.98 Å². The first-order chi connectivity index (χ1) is 6.38. The smallest absolute Gasteiger partial charge is 0.144 e. The quantitative estimate of drug-likeness (QED) is 0.574. The molecule has 0 fully saturated rings. The van der Waals surface area contributed by atoms with Crippen molar-refractivity contribution in [1.29, 1.82) is 0 Å². The monoisotopic (exact) mass is 191 g/mol. The van der Waals surface area contributed by atoms with Crippen LogP contribution in [0.3, 0.4) is 0 Å². The van der Waals surface area contributed by atoms with Gasteiger partial charge in [-0.3, -0.25) is 0 Å². The zero-order valence-electron chi connectivity index (χ0n) is 8.98. The predicted octanol–water partition coefficient (Wildman–Crippen LogP) is 2.93. The Morgan fingerprint density at radius 3 is 2.50 bits per heavy atom. The van der Waals surface area contributed by atoms with Gasteiger partial charge < -0.3 is 0 Å². The van der Waals surface area contributed by atoms with Crippen molar-refractivity contribution < 1.29 is 4.39 Å². The summed E-state index contributed by atoms with van der Waals surface area (Å²) in [6.07, 6.45) is 1.21. The second kappa shape index (κ2) is 3.79. The summed E-state index contributed by atoms with van der Waals surface area (Å²) in [6, 6.07) is 1.66. The second-order valence-electron chi connectivity index (χ2n) is 4.32. The van der Waals surface area contributed by atoms with Crippen molar-refractivity contribution in [2.45, 2.75) is 27.7 Å². The third-order valence-corrected chi connectivity index (χ3v) is 1.61. The minimum atomic E-state index is -0.286. The molecule has 0 saturated heterocycles. The van der Waals surface area contributed by atoms with Crippen molar-refractivity contribution in [2.24, 2.45) is 5.41 Å². The fraction of sp³-hybridized carbons (Fsp3) is 0.417. The molecular weight excluding hydrogens is 177 g/mol. The second-order valence-corrected chi connectivity index (χ2v) is 4.32. The molecule has 1 aromatic rings. The van der Waals surface area contributed by atoms with E-state index in [-0.39, 0.29) is 11.2 Å². The van der Waals surface area contributed by atoms with Gasteiger partial charge in [-0.1, -0.05) is 5.92 Å². The van der Waals surface area contributed by atoms with E-state index < -0.39 is 0 Å². The zero-order valence-corrected chi connectivity index (χ0v) is 8.98. The Hall–Kier alpha value is -1.36. The van der Waals surface area contributed by atoms with Crippen molar-refractivity contribution in [2.75, 3.05) is 0 Å². The minimum absolute atomic E-state index is 0.0516. The van der Waals surface area contributed by atoms with E-state index in [1.807, 2.05) is 20.8 Å². The Morgan fingerprint density at radius 1 is 1.36 bits per heavy atom. The summed E-state index contributed by atoms with van der Waals surface area (Å²) in [7, 11) is 0. The average molecular weight is 191 g/mol. The van der Waals surface area contributed by atoms with Crippen LogP contribution in [0.2, 0.25) is 0 Å². The molecule has 1 nitrogen and oxygen atoms in total. The molecular formula is C12H14FN. The van der Waals surface area contributed by atoms with Crippen LogP contribution in [-0.2, 0) is 0 Å². The van der Waals surface area contributed by atoms with Crippen LogP contribution in [0.15, 0.2) is 12.3 Å². The fourth-order valence-corrected chi connectivity index (χ4v) is 0.859. The lowest BCUT2D eigenvalue weighted by Gasteiger charge is -2.06. The summed E-state index contributed by atoms with van der Waals surface area (Å²) >= 11 is 0. The summed E-state index contributed by atoms with van der Waals surface area (Å²) in [5.41, 5.74) is 1.15. The molecule has 1 heterocycles. The lowest BCUT2D eigenvalue weighted by molar-refractivity contribution is 0.571. The molecule has 14 heavy (non-hydrogen) atoms. The Labute approximate surface area is 84.4 Å². The van der Waals surface area contributed by atoms with E-state index in [4.69, 9.17) is 0 Å². The van der Waals surface area contributed by atoms with E-state index in [0.717, 1.165) is 0 Å². The Morgan fingerprint density at radius 2 is 2.00 bits per heavy atom. The molecule has 74 valence electrons. The van der Waals surface area contributed by atoms with Crippen LogP contribution in [0, 0.1) is 30.0 Å². The number of halogens is 1. The van der Waals surface area contributed by atoms with Gasteiger partial charge in [0.2, 0.25) is 0 Å². The largest absolute Gasteiger partial charge is 0.245 e. The van der Waals surface area contributed by atoms with Crippen molar-refractivity contribution >= 4 is 0 Å². The molecule has 0 radical (unpaired) electrons. The highest BCUT2D eigenvalue weighted by atomic mass is 19.1. The van der Waals surface area contributed by atoms with Gasteiger partial charge in [0.15, 0.2) is 0 Å². The summed E-state index contributed by atoms with van der Waals surface area (Å²) in [5, 5.41) is 0. The Balaban J connectivity index is 2.98. The third-order valence-electron chi connectivity index (χ3n) is 1.61. The lowest BCUT2D eigenvalue weighted by Crippen LogP contribution is -1.99. The molecule has 1 aromatic heterocycles. The van der Waals surface area contributed by atoms with Crippen LogP contribution in [-0.4, -0.2) is 4.98 Å². The number of hydrogen-bond donors (Lipinski definition) is 0. The maximum absolute atomic E-state index is 12.9. The number of aromatic nitrogens is 1. The van der Waals surface area contributed by atoms with Crippen LogP contribution in [0.4, 0.5) is 4.39 Å². The van der Waals surface area contributed by atoms with Gasteiger partial charge in [0.05, 0.1) is 6.20 Å². The third kappa shape index (κ3) is 3.18. The first kappa shape index (κ1) is 10.7. The van der Waals surface area contributed by atoms with Crippen LogP contribution < -0.4 is 0 Å². The van der Waals surface area contributed by atoms with Crippen LogP contribution in [0.5, 0.6) is 0 Å². The normalized spacial score (nSPS) is 10.6. The van der Waals surface area contributed by atoms with Gasteiger partial charge in [0.25, 0.3) is 0 Å². The number of pyridine rings is 1. The van der Waals surface area contributed by atoms with E-state index in [9.17, 15) is 4.39 Å². The van der Waals surface area contributed by atoms with Crippen molar-refractivity contribution in [3.63, 3.8) is 0 Å². The molecule has 0 saturated carbocycles. The predicted molar refractivity (Wildman–Crippen MR) is 55.3 cm³/mol. The molecule has 0 aromatic carbocycles. The van der Waals surface area contributed by atoms with Crippen LogP contribution in [0.1, 0.15) is 32.0 Å². The molecule has 0 spiro atoms. The lowest BCUT2D eigenvalue weighted by atomic mass is 9.98. The highest BCUT2D eigenvalue weighted by Gasteiger charge is 2.04. The molecule has 1 rings (SSSR count). The van der Waals surface area contributed by atoms with Gasteiger partial charge in [-0.2, -0.15) is 0 Å². The van der Waals surface area contributed by atoms with Gasteiger partial charge in [-0.25, -0.2) is 9.37 Å². The van der Waals surface area contributed by atoms with Crippen molar-refractivity contribution in [3.05, 3.63) is 29.3 Å². The molecule has 0 aliphatic carbocycles. The molecule has 0 bridgehead atoms. The molecule has 0 unspecified atom stereocenters. The molecule has 0 N–H and O–H groups in total.